The van der Waals surface area contributed by atoms with Crippen LogP contribution in [-0.4, -0.2) is 65.9 Å². The van der Waals surface area contributed by atoms with Crippen molar-refractivity contribution in [2.45, 2.75) is 19.4 Å². The molecule has 1 unspecified atom stereocenters. The summed E-state index contributed by atoms with van der Waals surface area (Å²) >= 11 is 0. The monoisotopic (exact) mass is 415 g/mol. The van der Waals surface area contributed by atoms with Crippen LogP contribution in [0.3, 0.4) is 0 Å². The third-order valence-electron chi connectivity index (χ3n) is 5.81. The number of piperidine rings is 1. The minimum absolute atomic E-state index is 0.210. The Morgan fingerprint density at radius 1 is 1.17 bits per heavy atom. The van der Waals surface area contributed by atoms with Gasteiger partial charge in [0.1, 0.15) is 12.1 Å². The molecule has 2 aromatic rings. The maximum Gasteiger partial charge on any atom is 0.275 e. The number of nitrogens with zero attached hydrogens (tertiary/aromatic N) is 4. The zero-order valence-electron chi connectivity index (χ0n) is 16.8. The van der Waals surface area contributed by atoms with Gasteiger partial charge < -0.3 is 20.0 Å². The number of rotatable bonds is 5. The van der Waals surface area contributed by atoms with E-state index in [1.54, 1.807) is 17.0 Å². The molecule has 1 aromatic heterocycles. The second kappa shape index (κ2) is 8.83. The highest BCUT2D eigenvalue weighted by Gasteiger charge is 2.29. The molecule has 0 aliphatic carbocycles. The molecule has 2 fully saturated rings. The van der Waals surface area contributed by atoms with Crippen molar-refractivity contribution in [3.63, 3.8) is 0 Å². The topological polar surface area (TPSA) is 95.9 Å². The van der Waals surface area contributed by atoms with Gasteiger partial charge in [-0.1, -0.05) is 12.1 Å². The molecule has 160 valence electrons. The summed E-state index contributed by atoms with van der Waals surface area (Å²) in [6.07, 6.45) is 2.83. The molecule has 3 heterocycles. The fourth-order valence-corrected chi connectivity index (χ4v) is 4.08. The highest BCUT2D eigenvalue weighted by molar-refractivity contribution is 5.92. The number of halogens is 1. The highest BCUT2D eigenvalue weighted by Crippen LogP contribution is 2.21. The molecule has 0 radical (unpaired) electrons. The Morgan fingerprint density at radius 2 is 1.93 bits per heavy atom. The molecule has 8 nitrogen and oxygen atoms in total. The Balaban J connectivity index is 1.31. The number of likely N-dealkylation sites (tertiary alicyclic amines) is 1. The maximum atomic E-state index is 14.0. The Bertz CT molecular complexity index is 910. The van der Waals surface area contributed by atoms with E-state index in [0.29, 0.717) is 50.7 Å². The van der Waals surface area contributed by atoms with Crippen molar-refractivity contribution in [2.75, 3.05) is 44.2 Å². The van der Waals surface area contributed by atoms with Crippen LogP contribution in [0, 0.1) is 11.7 Å². The van der Waals surface area contributed by atoms with E-state index in [1.807, 2.05) is 11.0 Å². The van der Waals surface area contributed by atoms with Crippen molar-refractivity contribution in [3.8, 4) is 0 Å². The summed E-state index contributed by atoms with van der Waals surface area (Å²) in [4.78, 5) is 34.3. The van der Waals surface area contributed by atoms with E-state index in [2.05, 4.69) is 9.88 Å². The van der Waals surface area contributed by atoms with Gasteiger partial charge >= 0.3 is 0 Å². The molecule has 2 saturated heterocycles. The number of anilines is 1. The van der Waals surface area contributed by atoms with Crippen molar-refractivity contribution in [3.05, 3.63) is 47.9 Å². The van der Waals surface area contributed by atoms with Gasteiger partial charge in [-0.15, -0.1) is 0 Å². The van der Waals surface area contributed by atoms with Gasteiger partial charge in [0.05, 0.1) is 18.2 Å². The van der Waals surface area contributed by atoms with Crippen LogP contribution in [0.1, 0.15) is 29.2 Å². The number of carbonyl (C=O) groups excluding carboxylic acids is 2. The van der Waals surface area contributed by atoms with Crippen LogP contribution in [0.15, 0.2) is 34.9 Å². The fourth-order valence-electron chi connectivity index (χ4n) is 4.08. The quantitative estimate of drug-likeness (QED) is 0.795. The number of hydrogen-bond acceptors (Lipinski definition) is 6. The molecular formula is C21H26FN5O3. The summed E-state index contributed by atoms with van der Waals surface area (Å²) in [5, 5.41) is 0. The highest BCUT2D eigenvalue weighted by atomic mass is 19.1. The molecule has 30 heavy (non-hydrogen) atoms. The molecular weight excluding hydrogens is 389 g/mol. The SMILES string of the molecule is NC(=O)C1CCCN(C(=O)c2coc(CN3CCN(c4ccccc4F)CC3)n2)C1. The zero-order chi connectivity index (χ0) is 21.1. The van der Waals surface area contributed by atoms with E-state index >= 15 is 0 Å². The summed E-state index contributed by atoms with van der Waals surface area (Å²) < 4.78 is 19.5. The number of amides is 2. The maximum absolute atomic E-state index is 14.0. The van der Waals surface area contributed by atoms with Gasteiger partial charge in [-0.25, -0.2) is 9.37 Å². The molecule has 2 amide bonds. The van der Waals surface area contributed by atoms with Crippen molar-refractivity contribution >= 4 is 17.5 Å². The van der Waals surface area contributed by atoms with E-state index in [9.17, 15) is 14.0 Å². The summed E-state index contributed by atoms with van der Waals surface area (Å²) in [5.74, 6) is -0.651. The second-order valence-electron chi connectivity index (χ2n) is 7.83. The van der Waals surface area contributed by atoms with Gasteiger partial charge in [0.2, 0.25) is 11.8 Å². The molecule has 4 rings (SSSR count). The lowest BCUT2D eigenvalue weighted by Gasteiger charge is -2.35. The molecule has 1 aromatic carbocycles. The van der Waals surface area contributed by atoms with Crippen molar-refractivity contribution in [1.82, 2.24) is 14.8 Å². The summed E-state index contributed by atoms with van der Waals surface area (Å²) in [6.45, 7) is 4.30. The number of oxazole rings is 1. The largest absolute Gasteiger partial charge is 0.447 e. The van der Waals surface area contributed by atoms with Gasteiger partial charge in [-0.2, -0.15) is 0 Å². The molecule has 0 saturated carbocycles. The number of hydrogen-bond donors (Lipinski definition) is 1. The first-order valence-electron chi connectivity index (χ1n) is 10.3. The first-order chi connectivity index (χ1) is 14.5. The van der Waals surface area contributed by atoms with Crippen molar-refractivity contribution in [1.29, 1.82) is 0 Å². The lowest BCUT2D eigenvalue weighted by atomic mass is 9.97. The van der Waals surface area contributed by atoms with Gasteiger partial charge in [0.15, 0.2) is 5.69 Å². The Labute approximate surface area is 174 Å². The lowest BCUT2D eigenvalue weighted by Crippen LogP contribution is -2.46. The van der Waals surface area contributed by atoms with E-state index in [-0.39, 0.29) is 29.2 Å². The Kier molecular flexibility index (Phi) is 5.98. The smallest absolute Gasteiger partial charge is 0.275 e. The minimum atomic E-state index is -0.372. The summed E-state index contributed by atoms with van der Waals surface area (Å²) in [5.41, 5.74) is 6.26. The van der Waals surface area contributed by atoms with Crippen LogP contribution in [0.2, 0.25) is 0 Å². The molecule has 2 N–H and O–H groups in total. The van der Waals surface area contributed by atoms with Gasteiger partial charge in [0, 0.05) is 39.3 Å². The molecule has 9 heteroatoms. The van der Waals surface area contributed by atoms with Gasteiger partial charge in [0.25, 0.3) is 5.91 Å². The zero-order valence-corrected chi connectivity index (χ0v) is 16.8. The summed E-state index contributed by atoms with van der Waals surface area (Å²) in [7, 11) is 0. The Morgan fingerprint density at radius 3 is 2.67 bits per heavy atom. The molecule has 2 aliphatic heterocycles. The number of carbonyl (C=O) groups is 2. The Hall–Kier alpha value is -2.94. The molecule has 2 aliphatic rings. The molecule has 1 atom stereocenters. The van der Waals surface area contributed by atoms with Crippen LogP contribution in [0.4, 0.5) is 10.1 Å². The number of nitrogens with two attached hydrogens (primary N) is 1. The van der Waals surface area contributed by atoms with Gasteiger partial charge in [-0.05, 0) is 25.0 Å². The number of benzene rings is 1. The minimum Gasteiger partial charge on any atom is -0.447 e. The van der Waals surface area contributed by atoms with E-state index < -0.39 is 0 Å². The standard InChI is InChI=1S/C21H26FN5O3/c22-16-5-1-2-6-18(16)26-10-8-25(9-11-26)13-19-24-17(14-30-19)21(29)27-7-3-4-15(12-27)20(23)28/h1-2,5-6,14-15H,3-4,7-13H2,(H2,23,28). The predicted octanol–water partition coefficient (Wildman–Crippen LogP) is 1.47. The van der Waals surface area contributed by atoms with Gasteiger partial charge in [-0.3, -0.25) is 14.5 Å². The average molecular weight is 415 g/mol. The number of para-hydroxylation sites is 1. The van der Waals surface area contributed by atoms with E-state index in [4.69, 9.17) is 10.2 Å². The predicted molar refractivity (Wildman–Crippen MR) is 108 cm³/mol. The normalized spacial score (nSPS) is 20.4. The third-order valence-corrected chi connectivity index (χ3v) is 5.81. The summed E-state index contributed by atoms with van der Waals surface area (Å²) in [6, 6.07) is 6.79. The fraction of sp³-hybridized carbons (Fsp3) is 0.476. The molecule has 0 spiro atoms. The number of piperazine rings is 1. The first-order valence-corrected chi connectivity index (χ1v) is 10.3. The van der Waals surface area contributed by atoms with Crippen LogP contribution in [-0.2, 0) is 11.3 Å². The lowest BCUT2D eigenvalue weighted by molar-refractivity contribution is -0.123. The first kappa shape index (κ1) is 20.3. The van der Waals surface area contributed by atoms with Crippen LogP contribution in [0.5, 0.6) is 0 Å². The third kappa shape index (κ3) is 4.46. The van der Waals surface area contributed by atoms with Crippen LogP contribution in [0.25, 0.3) is 0 Å². The van der Waals surface area contributed by atoms with E-state index in [0.717, 1.165) is 19.5 Å². The number of primary amides is 1. The van der Waals surface area contributed by atoms with Crippen LogP contribution < -0.4 is 10.6 Å². The second-order valence-corrected chi connectivity index (χ2v) is 7.83. The average Bonchev–Trinajstić information content (AvgIpc) is 3.23. The molecule has 0 bridgehead atoms. The number of aromatic nitrogens is 1. The van der Waals surface area contributed by atoms with Crippen molar-refractivity contribution < 1.29 is 18.4 Å². The van der Waals surface area contributed by atoms with Crippen molar-refractivity contribution in [2.24, 2.45) is 11.7 Å². The van der Waals surface area contributed by atoms with E-state index in [1.165, 1.54) is 12.3 Å². The van der Waals surface area contributed by atoms with Crippen LogP contribution >= 0.6 is 0 Å².